The predicted molar refractivity (Wildman–Crippen MR) is 90.4 cm³/mol. The highest BCUT2D eigenvalue weighted by atomic mass is 32.2. The van der Waals surface area contributed by atoms with Crippen LogP contribution in [0.25, 0.3) is 10.8 Å². The molecule has 0 saturated carbocycles. The molecule has 118 valence electrons. The topological polar surface area (TPSA) is 72.5 Å². The van der Waals surface area contributed by atoms with Crippen molar-refractivity contribution in [3.8, 4) is 0 Å². The fourth-order valence-electron chi connectivity index (χ4n) is 2.27. The average Bonchev–Trinajstić information content (AvgIpc) is 3.01. The first-order valence-corrected chi connectivity index (χ1v) is 9.05. The summed E-state index contributed by atoms with van der Waals surface area (Å²) < 4.78 is 32.6. The largest absolute Gasteiger partial charge is 0.465 e. The highest BCUT2D eigenvalue weighted by Crippen LogP contribution is 2.28. The van der Waals surface area contributed by atoms with Gasteiger partial charge in [-0.1, -0.05) is 36.4 Å². The number of carbonyl (C=O) groups excluding carboxylic acids is 1. The molecular formula is C16H13NO4S2. The van der Waals surface area contributed by atoms with Gasteiger partial charge in [0, 0.05) is 5.39 Å². The summed E-state index contributed by atoms with van der Waals surface area (Å²) in [6, 6.07) is 13.8. The number of benzene rings is 2. The molecule has 1 heterocycles. The molecule has 1 N–H and O–H groups in total. The van der Waals surface area contributed by atoms with Crippen molar-refractivity contribution in [1.29, 1.82) is 0 Å². The zero-order valence-corrected chi connectivity index (χ0v) is 13.8. The van der Waals surface area contributed by atoms with Crippen molar-refractivity contribution in [3.05, 3.63) is 58.8 Å². The summed E-state index contributed by atoms with van der Waals surface area (Å²) in [5.74, 6) is -0.574. The van der Waals surface area contributed by atoms with Crippen LogP contribution in [0.5, 0.6) is 0 Å². The van der Waals surface area contributed by atoms with E-state index < -0.39 is 16.0 Å². The molecule has 0 fully saturated rings. The fourth-order valence-corrected chi connectivity index (χ4v) is 4.40. The second-order valence-electron chi connectivity index (χ2n) is 4.74. The summed E-state index contributed by atoms with van der Waals surface area (Å²) in [5.41, 5.74) is 0.217. The molecule has 3 aromatic rings. The fraction of sp³-hybridized carbons (Fsp3) is 0.0625. The maximum Gasteiger partial charge on any atom is 0.350 e. The van der Waals surface area contributed by atoms with Gasteiger partial charge >= 0.3 is 5.97 Å². The standard InChI is InChI=1S/C16H13NO4S2/c1-21-16(18)15-13(9-10-22-15)17-23(19,20)14-8-4-6-11-5-2-3-7-12(11)14/h2-10,17H,1H3. The lowest BCUT2D eigenvalue weighted by Crippen LogP contribution is -2.15. The van der Waals surface area contributed by atoms with Crippen molar-refractivity contribution < 1.29 is 17.9 Å². The van der Waals surface area contributed by atoms with Gasteiger partial charge in [0.1, 0.15) is 4.88 Å². The molecule has 0 amide bonds. The quantitative estimate of drug-likeness (QED) is 0.733. The SMILES string of the molecule is COC(=O)c1sccc1NS(=O)(=O)c1cccc2ccccc12. The van der Waals surface area contributed by atoms with Crippen molar-refractivity contribution >= 4 is 43.8 Å². The highest BCUT2D eigenvalue weighted by Gasteiger charge is 2.21. The maximum absolute atomic E-state index is 12.7. The summed E-state index contributed by atoms with van der Waals surface area (Å²) >= 11 is 1.12. The van der Waals surface area contributed by atoms with Crippen molar-refractivity contribution in [1.82, 2.24) is 0 Å². The van der Waals surface area contributed by atoms with Crippen LogP contribution in [0.2, 0.25) is 0 Å². The molecule has 7 heteroatoms. The molecule has 0 bridgehead atoms. The van der Waals surface area contributed by atoms with Crippen LogP contribution in [0.4, 0.5) is 5.69 Å². The van der Waals surface area contributed by atoms with Gasteiger partial charge in [-0.15, -0.1) is 11.3 Å². The zero-order chi connectivity index (χ0) is 16.4. The van der Waals surface area contributed by atoms with Crippen molar-refractivity contribution in [2.45, 2.75) is 4.90 Å². The zero-order valence-electron chi connectivity index (χ0n) is 12.1. The van der Waals surface area contributed by atoms with E-state index in [0.29, 0.717) is 5.39 Å². The molecule has 0 unspecified atom stereocenters. The number of thiophene rings is 1. The van der Waals surface area contributed by atoms with E-state index in [4.69, 9.17) is 0 Å². The number of anilines is 1. The number of rotatable bonds is 4. The van der Waals surface area contributed by atoms with E-state index in [0.717, 1.165) is 16.7 Å². The molecule has 3 rings (SSSR count). The third-order valence-electron chi connectivity index (χ3n) is 3.32. The van der Waals surface area contributed by atoms with Gasteiger partial charge in [0.05, 0.1) is 17.7 Å². The first kappa shape index (κ1) is 15.5. The Kier molecular flexibility index (Phi) is 4.06. The van der Waals surface area contributed by atoms with Gasteiger partial charge in [0.25, 0.3) is 10.0 Å². The van der Waals surface area contributed by atoms with Crippen LogP contribution >= 0.6 is 11.3 Å². The number of carbonyl (C=O) groups is 1. The molecule has 0 aliphatic carbocycles. The Balaban J connectivity index is 2.06. The molecule has 0 radical (unpaired) electrons. The first-order valence-electron chi connectivity index (χ1n) is 6.69. The second-order valence-corrected chi connectivity index (χ2v) is 7.30. The Labute approximate surface area is 137 Å². The van der Waals surface area contributed by atoms with E-state index in [2.05, 4.69) is 9.46 Å². The number of esters is 1. The smallest absolute Gasteiger partial charge is 0.350 e. The molecule has 1 aromatic heterocycles. The van der Waals surface area contributed by atoms with Gasteiger partial charge in [-0.2, -0.15) is 0 Å². The Morgan fingerprint density at radius 2 is 1.83 bits per heavy atom. The van der Waals surface area contributed by atoms with Crippen LogP contribution in [0.15, 0.2) is 58.8 Å². The minimum atomic E-state index is -3.83. The van der Waals surface area contributed by atoms with Crippen LogP contribution in [-0.2, 0) is 14.8 Å². The molecule has 0 aliphatic rings. The lowest BCUT2D eigenvalue weighted by atomic mass is 10.1. The van der Waals surface area contributed by atoms with Crippen molar-refractivity contribution in [2.75, 3.05) is 11.8 Å². The summed E-state index contributed by atoms with van der Waals surface area (Å²) in [6.07, 6.45) is 0. The molecule has 0 spiro atoms. The van der Waals surface area contributed by atoms with Gasteiger partial charge in [-0.3, -0.25) is 4.72 Å². The van der Waals surface area contributed by atoms with Gasteiger partial charge in [0.15, 0.2) is 0 Å². The molecular weight excluding hydrogens is 334 g/mol. The minimum Gasteiger partial charge on any atom is -0.465 e. The Morgan fingerprint density at radius 1 is 1.09 bits per heavy atom. The van der Waals surface area contributed by atoms with Crippen molar-refractivity contribution in [2.24, 2.45) is 0 Å². The van der Waals surface area contributed by atoms with E-state index in [1.54, 1.807) is 29.6 Å². The number of nitrogens with one attached hydrogen (secondary N) is 1. The summed E-state index contributed by atoms with van der Waals surface area (Å²) in [7, 11) is -2.57. The predicted octanol–water partition coefficient (Wildman–Crippen LogP) is 3.49. The van der Waals surface area contributed by atoms with E-state index in [9.17, 15) is 13.2 Å². The summed E-state index contributed by atoms with van der Waals surface area (Å²) in [4.78, 5) is 12.1. The van der Waals surface area contributed by atoms with E-state index in [1.165, 1.54) is 13.2 Å². The molecule has 23 heavy (non-hydrogen) atoms. The van der Waals surface area contributed by atoms with Gasteiger partial charge < -0.3 is 4.74 Å². The van der Waals surface area contributed by atoms with E-state index in [1.807, 2.05) is 18.2 Å². The van der Waals surface area contributed by atoms with Gasteiger partial charge in [-0.05, 0) is 22.9 Å². The third-order valence-corrected chi connectivity index (χ3v) is 5.64. The van der Waals surface area contributed by atoms with Crippen LogP contribution in [0.1, 0.15) is 9.67 Å². The Hall–Kier alpha value is -2.38. The second kappa shape index (κ2) is 6.02. The highest BCUT2D eigenvalue weighted by molar-refractivity contribution is 7.93. The van der Waals surface area contributed by atoms with Crippen LogP contribution < -0.4 is 4.72 Å². The average molecular weight is 347 g/mol. The van der Waals surface area contributed by atoms with Gasteiger partial charge in [-0.25, -0.2) is 13.2 Å². The number of sulfonamides is 1. The summed E-state index contributed by atoms with van der Waals surface area (Å²) in [6.45, 7) is 0. The number of hydrogen-bond donors (Lipinski definition) is 1. The van der Waals surface area contributed by atoms with E-state index in [-0.39, 0.29) is 15.5 Å². The number of fused-ring (bicyclic) bond motifs is 1. The molecule has 0 saturated heterocycles. The van der Waals surface area contributed by atoms with Gasteiger partial charge in [0.2, 0.25) is 0 Å². The normalized spacial score (nSPS) is 11.3. The minimum absolute atomic E-state index is 0.164. The third kappa shape index (κ3) is 2.93. The van der Waals surface area contributed by atoms with Crippen molar-refractivity contribution in [3.63, 3.8) is 0 Å². The van der Waals surface area contributed by atoms with E-state index >= 15 is 0 Å². The Morgan fingerprint density at radius 3 is 2.61 bits per heavy atom. The first-order chi connectivity index (χ1) is 11.0. The Bertz CT molecular complexity index is 971. The molecule has 0 aliphatic heterocycles. The van der Waals surface area contributed by atoms with Crippen LogP contribution in [0, 0.1) is 0 Å². The lowest BCUT2D eigenvalue weighted by molar-refractivity contribution is 0.0607. The lowest BCUT2D eigenvalue weighted by Gasteiger charge is -2.10. The van der Waals surface area contributed by atoms with Crippen LogP contribution in [-0.4, -0.2) is 21.5 Å². The molecule has 0 atom stereocenters. The number of methoxy groups -OCH3 is 1. The molecule has 5 nitrogen and oxygen atoms in total. The van der Waals surface area contributed by atoms with Crippen LogP contribution in [0.3, 0.4) is 0 Å². The number of ether oxygens (including phenoxy) is 1. The monoisotopic (exact) mass is 347 g/mol. The summed E-state index contributed by atoms with van der Waals surface area (Å²) in [5, 5.41) is 3.08. The maximum atomic E-state index is 12.7. The number of hydrogen-bond acceptors (Lipinski definition) is 5. The molecule has 2 aromatic carbocycles.